The van der Waals surface area contributed by atoms with Crippen molar-refractivity contribution in [1.82, 2.24) is 15.1 Å². The number of carbonyl (C=O) groups is 1. The van der Waals surface area contributed by atoms with Gasteiger partial charge in [-0.15, -0.1) is 0 Å². The fraction of sp³-hybridized carbons (Fsp3) is 0.536. The first kappa shape index (κ1) is 23.8. The predicted molar refractivity (Wildman–Crippen MR) is 134 cm³/mol. The smallest absolute Gasteiger partial charge is 0.317 e. The van der Waals surface area contributed by atoms with Crippen LogP contribution in [0.25, 0.3) is 11.1 Å². The Kier molecular flexibility index (Phi) is 8.05. The molecule has 178 valence electrons. The molecule has 5 nitrogen and oxygen atoms in total. The molecule has 33 heavy (non-hydrogen) atoms. The van der Waals surface area contributed by atoms with Crippen LogP contribution in [0.1, 0.15) is 55.6 Å². The van der Waals surface area contributed by atoms with Crippen molar-refractivity contribution in [2.24, 2.45) is 0 Å². The number of unbranched alkanes of at least 4 members (excludes halogenated alkanes) is 1. The number of benzene rings is 2. The summed E-state index contributed by atoms with van der Waals surface area (Å²) in [7, 11) is 1.89. The molecule has 2 amide bonds. The van der Waals surface area contributed by atoms with Crippen LogP contribution in [0.15, 0.2) is 48.5 Å². The molecule has 0 spiro atoms. The second-order valence-electron chi connectivity index (χ2n) is 9.85. The van der Waals surface area contributed by atoms with E-state index in [0.29, 0.717) is 12.0 Å². The van der Waals surface area contributed by atoms with E-state index in [-0.39, 0.29) is 18.7 Å². The van der Waals surface area contributed by atoms with E-state index in [2.05, 4.69) is 65.7 Å². The Bertz CT molecular complexity index is 908. The van der Waals surface area contributed by atoms with Crippen LogP contribution >= 0.6 is 0 Å². The Morgan fingerprint density at radius 3 is 2.52 bits per heavy atom. The maximum absolute atomic E-state index is 12.3. The van der Waals surface area contributed by atoms with Crippen molar-refractivity contribution in [2.45, 2.75) is 63.5 Å². The number of hydrogen-bond donors (Lipinski definition) is 2. The van der Waals surface area contributed by atoms with Crippen molar-refractivity contribution >= 4 is 6.03 Å². The first-order chi connectivity index (χ1) is 16.1. The molecule has 1 aliphatic carbocycles. The lowest BCUT2D eigenvalue weighted by Crippen LogP contribution is -2.56. The number of likely N-dealkylation sites (tertiary alicyclic amines) is 1. The van der Waals surface area contributed by atoms with Gasteiger partial charge in [-0.25, -0.2) is 4.79 Å². The first-order valence-electron chi connectivity index (χ1n) is 12.6. The SMILES string of the molecule is Cc1ccccc1-c1ccc([C@@H]2CN(CCCCN(C)C(=O)NC3CCCC3)[C@@H]2CO)cc1. The van der Waals surface area contributed by atoms with Gasteiger partial charge in [0.15, 0.2) is 0 Å². The summed E-state index contributed by atoms with van der Waals surface area (Å²) < 4.78 is 0. The summed E-state index contributed by atoms with van der Waals surface area (Å²) >= 11 is 0. The predicted octanol–water partition coefficient (Wildman–Crippen LogP) is 4.79. The Morgan fingerprint density at radius 2 is 1.82 bits per heavy atom. The van der Waals surface area contributed by atoms with Crippen molar-refractivity contribution in [1.29, 1.82) is 0 Å². The zero-order valence-electron chi connectivity index (χ0n) is 20.2. The molecule has 2 atom stereocenters. The number of nitrogens with zero attached hydrogens (tertiary/aromatic N) is 2. The molecule has 2 aromatic carbocycles. The molecule has 1 saturated heterocycles. The first-order valence-corrected chi connectivity index (χ1v) is 12.6. The molecule has 5 heteroatoms. The van der Waals surface area contributed by atoms with Gasteiger partial charge in [0.1, 0.15) is 0 Å². The van der Waals surface area contributed by atoms with Crippen LogP contribution in [0.2, 0.25) is 0 Å². The molecule has 0 unspecified atom stereocenters. The van der Waals surface area contributed by atoms with Crippen molar-refractivity contribution in [3.63, 3.8) is 0 Å². The number of aryl methyl sites for hydroxylation is 1. The molecule has 2 aromatic rings. The van der Waals surface area contributed by atoms with Crippen molar-refractivity contribution in [2.75, 3.05) is 33.3 Å². The highest BCUT2D eigenvalue weighted by Crippen LogP contribution is 2.35. The average Bonchev–Trinajstić information content (AvgIpc) is 3.32. The summed E-state index contributed by atoms with van der Waals surface area (Å²) in [5.41, 5.74) is 5.12. The fourth-order valence-electron chi connectivity index (χ4n) is 5.38. The summed E-state index contributed by atoms with van der Waals surface area (Å²) in [6.07, 6.45) is 6.72. The Morgan fingerprint density at radius 1 is 1.09 bits per heavy atom. The van der Waals surface area contributed by atoms with E-state index in [9.17, 15) is 9.90 Å². The van der Waals surface area contributed by atoms with Crippen LogP contribution in [-0.2, 0) is 0 Å². The third-order valence-corrected chi connectivity index (χ3v) is 7.56. The lowest BCUT2D eigenvalue weighted by molar-refractivity contribution is 0.0158. The van der Waals surface area contributed by atoms with Gasteiger partial charge in [-0.2, -0.15) is 0 Å². The van der Waals surface area contributed by atoms with Gasteiger partial charge >= 0.3 is 6.03 Å². The number of urea groups is 1. The molecule has 1 heterocycles. The minimum atomic E-state index is 0.0632. The summed E-state index contributed by atoms with van der Waals surface area (Å²) in [6, 6.07) is 18.0. The Balaban J connectivity index is 1.21. The van der Waals surface area contributed by atoms with Gasteiger partial charge in [-0.1, -0.05) is 61.4 Å². The quantitative estimate of drug-likeness (QED) is 0.542. The summed E-state index contributed by atoms with van der Waals surface area (Å²) in [5, 5.41) is 13.2. The minimum absolute atomic E-state index is 0.0632. The maximum Gasteiger partial charge on any atom is 0.317 e. The zero-order chi connectivity index (χ0) is 23.2. The third-order valence-electron chi connectivity index (χ3n) is 7.56. The minimum Gasteiger partial charge on any atom is -0.395 e. The van der Waals surface area contributed by atoms with E-state index in [1.54, 1.807) is 0 Å². The standard InChI is InChI=1S/C28H39N3O2/c1-21-9-3-6-12-25(21)22-13-15-23(16-14-22)26-19-31(27(26)20-32)18-8-7-17-30(2)28(33)29-24-10-4-5-11-24/h3,6,9,12-16,24,26-27,32H,4-5,7-8,10-11,17-20H2,1-2H3,(H,29,33)/t26-,27+/m0/s1. The third kappa shape index (κ3) is 5.77. The van der Waals surface area contributed by atoms with Crippen LogP contribution in [0, 0.1) is 6.92 Å². The van der Waals surface area contributed by atoms with Gasteiger partial charge in [-0.05, 0) is 61.4 Å². The lowest BCUT2D eigenvalue weighted by atomic mass is 9.82. The molecular formula is C28H39N3O2. The normalized spacial score (nSPS) is 21.1. The van der Waals surface area contributed by atoms with E-state index in [0.717, 1.165) is 45.3 Å². The second kappa shape index (κ2) is 11.2. The van der Waals surface area contributed by atoms with Crippen molar-refractivity contribution in [3.8, 4) is 11.1 Å². The summed E-state index contributed by atoms with van der Waals surface area (Å²) in [5.74, 6) is 0.390. The van der Waals surface area contributed by atoms with Crippen molar-refractivity contribution in [3.05, 3.63) is 59.7 Å². The highest BCUT2D eigenvalue weighted by Gasteiger charge is 2.38. The molecule has 0 radical (unpaired) electrons. The second-order valence-corrected chi connectivity index (χ2v) is 9.85. The molecule has 1 saturated carbocycles. The molecule has 2 aliphatic rings. The number of amides is 2. The van der Waals surface area contributed by atoms with E-state index >= 15 is 0 Å². The van der Waals surface area contributed by atoms with Gasteiger partial charge in [0, 0.05) is 38.1 Å². The maximum atomic E-state index is 12.3. The van der Waals surface area contributed by atoms with Crippen LogP contribution in [-0.4, -0.2) is 66.3 Å². The fourth-order valence-corrected chi connectivity index (χ4v) is 5.38. The molecule has 0 bridgehead atoms. The largest absolute Gasteiger partial charge is 0.395 e. The van der Waals surface area contributed by atoms with Gasteiger partial charge in [0.05, 0.1) is 6.61 Å². The van der Waals surface area contributed by atoms with Gasteiger partial charge < -0.3 is 15.3 Å². The summed E-state index contributed by atoms with van der Waals surface area (Å²) in [6.45, 7) is 5.08. The topological polar surface area (TPSA) is 55.8 Å². The van der Waals surface area contributed by atoms with Gasteiger partial charge in [-0.3, -0.25) is 4.90 Å². The van der Waals surface area contributed by atoms with Gasteiger partial charge in [0.2, 0.25) is 0 Å². The molecule has 4 rings (SSSR count). The highest BCUT2D eigenvalue weighted by atomic mass is 16.3. The van der Waals surface area contributed by atoms with Crippen LogP contribution in [0.5, 0.6) is 0 Å². The highest BCUT2D eigenvalue weighted by molar-refractivity contribution is 5.74. The zero-order valence-corrected chi connectivity index (χ0v) is 20.2. The van der Waals surface area contributed by atoms with Crippen LogP contribution in [0.4, 0.5) is 4.79 Å². The number of nitrogens with one attached hydrogen (secondary N) is 1. The van der Waals surface area contributed by atoms with E-state index in [4.69, 9.17) is 0 Å². The van der Waals surface area contributed by atoms with Gasteiger partial charge in [0.25, 0.3) is 0 Å². The van der Waals surface area contributed by atoms with E-state index < -0.39 is 0 Å². The molecule has 0 aromatic heterocycles. The number of carbonyl (C=O) groups excluding carboxylic acids is 1. The Labute approximate surface area is 198 Å². The number of aliphatic hydroxyl groups is 1. The molecule has 1 aliphatic heterocycles. The number of hydrogen-bond acceptors (Lipinski definition) is 3. The van der Waals surface area contributed by atoms with Crippen LogP contribution < -0.4 is 5.32 Å². The molecule has 2 fully saturated rings. The van der Waals surface area contributed by atoms with E-state index in [1.165, 1.54) is 35.1 Å². The van der Waals surface area contributed by atoms with E-state index in [1.807, 2.05) is 11.9 Å². The monoisotopic (exact) mass is 449 g/mol. The number of rotatable bonds is 9. The molecule has 2 N–H and O–H groups in total. The molecular weight excluding hydrogens is 410 g/mol. The lowest BCUT2D eigenvalue weighted by Gasteiger charge is -2.48. The summed E-state index contributed by atoms with van der Waals surface area (Å²) in [4.78, 5) is 16.5. The Hall–Kier alpha value is -2.37. The average molecular weight is 450 g/mol. The van der Waals surface area contributed by atoms with Crippen molar-refractivity contribution < 1.29 is 9.90 Å². The number of aliphatic hydroxyl groups excluding tert-OH is 1. The van der Waals surface area contributed by atoms with Crippen LogP contribution in [0.3, 0.4) is 0 Å².